The van der Waals surface area contributed by atoms with Gasteiger partial charge in [-0.05, 0) is 6.04 Å². The van der Waals surface area contributed by atoms with E-state index in [1.807, 2.05) is 0 Å². The predicted octanol–water partition coefficient (Wildman–Crippen LogP) is -0.187. The highest BCUT2D eigenvalue weighted by Gasteiger charge is 2.06. The number of rotatable bonds is 1. The van der Waals surface area contributed by atoms with Gasteiger partial charge in [-0.25, -0.2) is 8.42 Å². The maximum atomic E-state index is 10.7. The van der Waals surface area contributed by atoms with E-state index >= 15 is 0 Å². The van der Waals surface area contributed by atoms with Crippen molar-refractivity contribution in [3.05, 3.63) is 12.2 Å². The fourth-order valence-corrected chi connectivity index (χ4v) is 0.899. The Morgan fingerprint density at radius 2 is 2.56 bits per heavy atom. The summed E-state index contributed by atoms with van der Waals surface area (Å²) in [7, 11) is -3.32. The first-order valence-electron chi connectivity index (χ1n) is 2.72. The molecule has 0 unspecified atom stereocenters. The van der Waals surface area contributed by atoms with Gasteiger partial charge >= 0.3 is 0 Å². The van der Waals surface area contributed by atoms with Crippen molar-refractivity contribution in [1.29, 1.82) is 0 Å². The van der Waals surface area contributed by atoms with Gasteiger partial charge in [0.25, 0.3) is 0 Å². The lowest BCUT2D eigenvalue weighted by molar-refractivity contribution is 0.598. The number of sulfone groups is 1. The molecule has 0 saturated carbocycles. The van der Waals surface area contributed by atoms with E-state index in [0.717, 1.165) is 6.26 Å². The Hall–Kier alpha value is -0.840. The lowest BCUT2D eigenvalue weighted by Gasteiger charge is -1.84. The molecular formula is C4H6N2O2S. The number of aromatic amines is 1. The van der Waals surface area contributed by atoms with Gasteiger partial charge in [-0.1, -0.05) is 0 Å². The molecule has 0 aromatic carbocycles. The van der Waals surface area contributed by atoms with E-state index in [1.54, 1.807) is 0 Å². The first-order valence-corrected chi connectivity index (χ1v) is 4.11. The van der Waals surface area contributed by atoms with Crippen LogP contribution in [0.25, 0.3) is 0 Å². The quantitative estimate of drug-likeness (QED) is 0.599. The molecule has 0 aliphatic rings. The third-order valence-electron chi connectivity index (χ3n) is 0.778. The van der Waals surface area contributed by atoms with Crippen molar-refractivity contribution >= 4 is 9.84 Å². The van der Waals surface area contributed by atoms with Crippen LogP contribution in [0.4, 0.5) is 0 Å². The van der Waals surface area contributed by atoms with E-state index in [-0.39, 0.29) is 11.1 Å². The normalized spacial score (nSPS) is 13.2. The molecule has 0 saturated heterocycles. The van der Waals surface area contributed by atoms with Crippen molar-refractivity contribution in [2.75, 3.05) is 6.26 Å². The lowest BCUT2D eigenvalue weighted by atomic mass is 10.8. The molecule has 0 radical (unpaired) electrons. The van der Waals surface area contributed by atoms with Crippen molar-refractivity contribution in [3.8, 4) is 0 Å². The summed E-state index contributed by atoms with van der Waals surface area (Å²) in [4.78, 5) is 0. The van der Waals surface area contributed by atoms with Gasteiger partial charge in [0, 0.05) is 12.5 Å². The van der Waals surface area contributed by atoms with Gasteiger partial charge in [0.2, 0.25) is 0 Å². The maximum absolute atomic E-state index is 10.7. The summed E-state index contributed by atoms with van der Waals surface area (Å²) < 4.78 is 28.5. The molecule has 0 aliphatic heterocycles. The summed E-state index contributed by atoms with van der Waals surface area (Å²) in [6, 6.07) is -0.0949. The Labute approximate surface area is 54.2 Å². The van der Waals surface area contributed by atoms with Crippen LogP contribution < -0.4 is 0 Å². The zero-order valence-electron chi connectivity index (χ0n) is 5.75. The van der Waals surface area contributed by atoms with Crippen LogP contribution in [0.15, 0.2) is 17.3 Å². The molecule has 1 N–H and O–H groups in total. The number of aromatic nitrogens is 2. The summed E-state index contributed by atoms with van der Waals surface area (Å²) >= 11 is 0. The van der Waals surface area contributed by atoms with E-state index in [2.05, 4.69) is 10.2 Å². The fraction of sp³-hybridized carbons (Fsp3) is 0.250. The smallest absolute Gasteiger partial charge is 0.194 e. The van der Waals surface area contributed by atoms with Crippen LogP contribution in [0, 0.1) is 0 Å². The summed E-state index contributed by atoms with van der Waals surface area (Å²) in [5.74, 6) is 0. The van der Waals surface area contributed by atoms with Gasteiger partial charge in [-0.3, -0.25) is 5.10 Å². The second-order valence-electron chi connectivity index (χ2n) is 1.61. The molecule has 0 amide bonds. The molecule has 0 aliphatic carbocycles. The molecule has 0 bridgehead atoms. The standard InChI is InChI=1S/C4H6N2O2S/c1-9(7,8)4-2-3-5-6-4/h2-3H,1H3,(H,5,6)/i2D. The van der Waals surface area contributed by atoms with E-state index in [9.17, 15) is 8.42 Å². The molecular weight excluding hydrogens is 140 g/mol. The zero-order valence-corrected chi connectivity index (χ0v) is 5.57. The fourth-order valence-electron chi connectivity index (χ4n) is 0.407. The molecule has 50 valence electrons. The first-order chi connectivity index (χ1) is 4.52. The van der Waals surface area contributed by atoms with Gasteiger partial charge in [-0.2, -0.15) is 5.10 Å². The molecule has 1 aromatic heterocycles. The number of H-pyrrole nitrogens is 1. The van der Waals surface area contributed by atoms with E-state index in [0.29, 0.717) is 0 Å². The van der Waals surface area contributed by atoms with Crippen LogP contribution in [0.3, 0.4) is 0 Å². The third-order valence-corrected chi connectivity index (χ3v) is 1.69. The van der Waals surface area contributed by atoms with Crippen molar-refractivity contribution < 1.29 is 9.79 Å². The van der Waals surface area contributed by atoms with E-state index < -0.39 is 9.84 Å². The second kappa shape index (κ2) is 1.84. The molecule has 1 rings (SSSR count). The van der Waals surface area contributed by atoms with Crippen LogP contribution in [-0.2, 0) is 9.84 Å². The van der Waals surface area contributed by atoms with Crippen LogP contribution in [0.5, 0.6) is 0 Å². The zero-order chi connectivity index (χ0) is 7.78. The van der Waals surface area contributed by atoms with Crippen molar-refractivity contribution in [3.63, 3.8) is 0 Å². The highest BCUT2D eigenvalue weighted by atomic mass is 32.2. The van der Waals surface area contributed by atoms with E-state index in [4.69, 9.17) is 1.37 Å². The molecule has 0 atom stereocenters. The van der Waals surface area contributed by atoms with Crippen LogP contribution in [0.2, 0.25) is 0 Å². The monoisotopic (exact) mass is 147 g/mol. The molecule has 1 aromatic rings. The highest BCUT2D eigenvalue weighted by Crippen LogP contribution is 1.99. The van der Waals surface area contributed by atoms with Gasteiger partial charge in [-0.15, -0.1) is 0 Å². The third kappa shape index (κ3) is 1.29. The molecule has 0 fully saturated rings. The Balaban J connectivity index is 3.32. The minimum atomic E-state index is -3.32. The van der Waals surface area contributed by atoms with Crippen LogP contribution in [-0.4, -0.2) is 24.9 Å². The molecule has 1 heterocycles. The summed E-state index contributed by atoms with van der Waals surface area (Å²) in [5, 5.41) is 5.47. The average molecular weight is 147 g/mol. The average Bonchev–Trinajstić information content (AvgIpc) is 2.11. The van der Waals surface area contributed by atoms with Gasteiger partial charge in [0.1, 0.15) is 0 Å². The van der Waals surface area contributed by atoms with Crippen LogP contribution in [0.1, 0.15) is 1.37 Å². The number of hydrogen-bond donors (Lipinski definition) is 1. The van der Waals surface area contributed by atoms with Crippen molar-refractivity contribution in [1.82, 2.24) is 10.2 Å². The van der Waals surface area contributed by atoms with Crippen molar-refractivity contribution in [2.45, 2.75) is 5.03 Å². The number of hydrogen-bond acceptors (Lipinski definition) is 3. The minimum absolute atomic E-state index is 0.0949. The summed E-state index contributed by atoms with van der Waals surface area (Å²) in [6.07, 6.45) is 2.23. The largest absolute Gasteiger partial charge is 0.284 e. The topological polar surface area (TPSA) is 62.8 Å². The Morgan fingerprint density at radius 1 is 1.89 bits per heavy atom. The Bertz CT molecular complexity index is 329. The Morgan fingerprint density at radius 3 is 2.78 bits per heavy atom. The molecule has 9 heavy (non-hydrogen) atoms. The SMILES string of the molecule is [2H]c1c[nH]nc1S(C)(=O)=O. The highest BCUT2D eigenvalue weighted by molar-refractivity contribution is 7.90. The predicted molar refractivity (Wildman–Crippen MR) is 31.7 cm³/mol. The lowest BCUT2D eigenvalue weighted by Crippen LogP contribution is -1.96. The molecule has 4 nitrogen and oxygen atoms in total. The second-order valence-corrected chi connectivity index (χ2v) is 3.54. The van der Waals surface area contributed by atoms with Gasteiger partial charge in [0.05, 0.1) is 1.37 Å². The van der Waals surface area contributed by atoms with Gasteiger partial charge in [0.15, 0.2) is 14.9 Å². The Kier molecular flexibility index (Phi) is 1.02. The molecule has 5 heteroatoms. The maximum Gasteiger partial charge on any atom is 0.194 e. The van der Waals surface area contributed by atoms with E-state index in [1.165, 1.54) is 6.20 Å². The number of nitrogens with zero attached hydrogens (tertiary/aromatic N) is 1. The van der Waals surface area contributed by atoms with Gasteiger partial charge < -0.3 is 0 Å². The van der Waals surface area contributed by atoms with Crippen molar-refractivity contribution in [2.24, 2.45) is 0 Å². The summed E-state index contributed by atoms with van der Waals surface area (Å²) in [6.45, 7) is 0. The molecule has 0 spiro atoms. The first kappa shape index (κ1) is 4.99. The minimum Gasteiger partial charge on any atom is -0.284 e. The van der Waals surface area contributed by atoms with Crippen LogP contribution >= 0.6 is 0 Å². The number of nitrogens with one attached hydrogen (secondary N) is 1. The summed E-state index contributed by atoms with van der Waals surface area (Å²) in [5.41, 5.74) is 0.